The van der Waals surface area contributed by atoms with Crippen LogP contribution in [0.2, 0.25) is 5.15 Å². The average Bonchev–Trinajstić information content (AvgIpc) is 2.40. The van der Waals surface area contributed by atoms with Gasteiger partial charge in [-0.25, -0.2) is 4.98 Å². The molecule has 0 aliphatic rings. The van der Waals surface area contributed by atoms with E-state index < -0.39 is 30.4 Å². The minimum Gasteiger partial charge on any atom is -0.244 e. The van der Waals surface area contributed by atoms with Crippen LogP contribution < -0.4 is 0 Å². The Bertz CT molecular complexity index is 526. The van der Waals surface area contributed by atoms with Gasteiger partial charge in [0, 0.05) is 18.5 Å². The van der Waals surface area contributed by atoms with Gasteiger partial charge in [-0.05, 0) is 18.1 Å². The van der Waals surface area contributed by atoms with Crippen molar-refractivity contribution in [2.24, 2.45) is 5.41 Å². The number of rotatable bonds is 4. The summed E-state index contributed by atoms with van der Waals surface area (Å²) in [6.07, 6.45) is -4.80. The first-order valence-electron chi connectivity index (χ1n) is 5.75. The molecule has 0 aliphatic carbocycles. The Labute approximate surface area is 119 Å². The molecule has 3 nitrogen and oxygen atoms in total. The minimum atomic E-state index is -4.41. The van der Waals surface area contributed by atoms with Crippen molar-refractivity contribution >= 4 is 11.6 Å². The molecule has 0 bridgehead atoms. The highest BCUT2D eigenvalue weighted by molar-refractivity contribution is 6.29. The van der Waals surface area contributed by atoms with E-state index in [0.717, 1.165) is 0 Å². The number of alkyl halides is 3. The second-order valence-electron chi connectivity index (χ2n) is 4.45. The van der Waals surface area contributed by atoms with Gasteiger partial charge in [-0.15, -0.1) is 0 Å². The maximum Gasteiger partial charge on any atom is 0.389 e. The lowest BCUT2D eigenvalue weighted by Gasteiger charge is -2.26. The third kappa shape index (κ3) is 3.85. The van der Waals surface area contributed by atoms with Crippen LogP contribution in [0.15, 0.2) is 18.3 Å². The molecular weight excluding hydrogens is 291 g/mol. The first kappa shape index (κ1) is 16.3. The largest absolute Gasteiger partial charge is 0.389 e. The summed E-state index contributed by atoms with van der Waals surface area (Å²) in [6.45, 7) is 1.54. The van der Waals surface area contributed by atoms with E-state index in [0.29, 0.717) is 5.56 Å². The molecule has 0 saturated carbocycles. The van der Waals surface area contributed by atoms with Crippen LogP contribution in [0.5, 0.6) is 0 Å². The lowest BCUT2D eigenvalue weighted by Crippen LogP contribution is -2.26. The fourth-order valence-corrected chi connectivity index (χ4v) is 1.93. The van der Waals surface area contributed by atoms with E-state index in [2.05, 4.69) is 4.98 Å². The Hall–Kier alpha value is -1.79. The number of halogens is 4. The highest BCUT2D eigenvalue weighted by atomic mass is 35.5. The molecular formula is C13H11ClF3N3. The van der Waals surface area contributed by atoms with Gasteiger partial charge in [0.05, 0.1) is 12.1 Å². The summed E-state index contributed by atoms with van der Waals surface area (Å²) in [6, 6.07) is 6.48. The summed E-state index contributed by atoms with van der Waals surface area (Å²) < 4.78 is 37.0. The summed E-state index contributed by atoms with van der Waals surface area (Å²) >= 11 is 5.63. The Morgan fingerprint density at radius 2 is 1.85 bits per heavy atom. The van der Waals surface area contributed by atoms with Crippen molar-refractivity contribution in [3.63, 3.8) is 0 Å². The molecule has 7 heteroatoms. The summed E-state index contributed by atoms with van der Waals surface area (Å²) in [4.78, 5) is 3.82. The van der Waals surface area contributed by atoms with Crippen LogP contribution in [-0.4, -0.2) is 11.2 Å². The van der Waals surface area contributed by atoms with Crippen LogP contribution in [0, 0.1) is 28.1 Å². The number of nitriles is 2. The summed E-state index contributed by atoms with van der Waals surface area (Å²) in [7, 11) is 0. The standard InChI is InChI=1S/C13H11ClF3N3/c1-9(10-2-3-11(14)20-6-10)12(7-18,8-19)4-5-13(15,16)17/h2-3,6,9H,4-5H2,1H3. The van der Waals surface area contributed by atoms with Crippen LogP contribution in [0.1, 0.15) is 31.2 Å². The molecule has 20 heavy (non-hydrogen) atoms. The Morgan fingerprint density at radius 3 is 2.25 bits per heavy atom. The Kier molecular flexibility index (Phi) is 4.97. The van der Waals surface area contributed by atoms with E-state index in [1.54, 1.807) is 18.2 Å². The number of nitrogens with zero attached hydrogens (tertiary/aromatic N) is 3. The van der Waals surface area contributed by atoms with Gasteiger partial charge in [0.15, 0.2) is 5.41 Å². The number of pyridine rings is 1. The lowest BCUT2D eigenvalue weighted by molar-refractivity contribution is -0.138. The van der Waals surface area contributed by atoms with E-state index in [4.69, 9.17) is 11.6 Å². The maximum atomic E-state index is 12.3. The highest BCUT2D eigenvalue weighted by Gasteiger charge is 2.41. The quantitative estimate of drug-likeness (QED) is 0.782. The van der Waals surface area contributed by atoms with E-state index in [1.165, 1.54) is 19.2 Å². The predicted octanol–water partition coefficient (Wildman–Crippen LogP) is 4.21. The number of hydrogen-bond acceptors (Lipinski definition) is 3. The molecule has 0 spiro atoms. The normalized spacial score (nSPS) is 13.3. The molecule has 0 radical (unpaired) electrons. The van der Waals surface area contributed by atoms with Gasteiger partial charge in [-0.2, -0.15) is 23.7 Å². The van der Waals surface area contributed by atoms with Crippen molar-refractivity contribution < 1.29 is 13.2 Å². The molecule has 0 aromatic carbocycles. The SMILES string of the molecule is CC(c1ccc(Cl)nc1)C(C#N)(C#N)CCC(F)(F)F. The fraction of sp³-hybridized carbons (Fsp3) is 0.462. The van der Waals surface area contributed by atoms with Gasteiger partial charge in [0.25, 0.3) is 0 Å². The van der Waals surface area contributed by atoms with Crippen LogP contribution in [0.25, 0.3) is 0 Å². The third-order valence-corrected chi connectivity index (χ3v) is 3.41. The summed E-state index contributed by atoms with van der Waals surface area (Å²) in [5.41, 5.74) is -1.25. The van der Waals surface area contributed by atoms with E-state index >= 15 is 0 Å². The zero-order valence-corrected chi connectivity index (χ0v) is 11.3. The van der Waals surface area contributed by atoms with Crippen molar-refractivity contribution in [1.82, 2.24) is 4.98 Å². The molecule has 106 valence electrons. The zero-order chi connectivity index (χ0) is 15.4. The van der Waals surface area contributed by atoms with E-state index in [1.807, 2.05) is 0 Å². The maximum absolute atomic E-state index is 12.3. The van der Waals surface area contributed by atoms with Crippen LogP contribution >= 0.6 is 11.6 Å². The van der Waals surface area contributed by atoms with Gasteiger partial charge in [-0.1, -0.05) is 24.6 Å². The van der Waals surface area contributed by atoms with E-state index in [9.17, 15) is 23.7 Å². The smallest absolute Gasteiger partial charge is 0.244 e. The monoisotopic (exact) mass is 301 g/mol. The van der Waals surface area contributed by atoms with Crippen molar-refractivity contribution in [3.05, 3.63) is 29.0 Å². The second kappa shape index (κ2) is 6.11. The third-order valence-electron chi connectivity index (χ3n) is 3.19. The van der Waals surface area contributed by atoms with Crippen molar-refractivity contribution in [1.29, 1.82) is 10.5 Å². The van der Waals surface area contributed by atoms with Crippen LogP contribution in [0.3, 0.4) is 0 Å². The van der Waals surface area contributed by atoms with E-state index in [-0.39, 0.29) is 5.15 Å². The minimum absolute atomic E-state index is 0.232. The summed E-state index contributed by atoms with van der Waals surface area (Å²) in [5, 5.41) is 18.6. The first-order valence-corrected chi connectivity index (χ1v) is 6.12. The Balaban J connectivity index is 3.04. The fourth-order valence-electron chi connectivity index (χ4n) is 1.81. The van der Waals surface area contributed by atoms with Gasteiger partial charge in [0.2, 0.25) is 0 Å². The summed E-state index contributed by atoms with van der Waals surface area (Å²) in [5.74, 6) is -0.704. The van der Waals surface area contributed by atoms with Crippen molar-refractivity contribution in [2.45, 2.75) is 31.9 Å². The molecule has 1 aromatic heterocycles. The molecule has 0 saturated heterocycles. The molecule has 0 aliphatic heterocycles. The highest BCUT2D eigenvalue weighted by Crippen LogP contribution is 2.41. The van der Waals surface area contributed by atoms with Crippen LogP contribution in [-0.2, 0) is 0 Å². The molecule has 0 amide bonds. The lowest BCUT2D eigenvalue weighted by atomic mass is 9.72. The Morgan fingerprint density at radius 1 is 1.25 bits per heavy atom. The second-order valence-corrected chi connectivity index (χ2v) is 4.83. The van der Waals surface area contributed by atoms with Crippen molar-refractivity contribution in [3.8, 4) is 12.1 Å². The number of aromatic nitrogens is 1. The van der Waals surface area contributed by atoms with Gasteiger partial charge < -0.3 is 0 Å². The van der Waals surface area contributed by atoms with Crippen molar-refractivity contribution in [2.75, 3.05) is 0 Å². The molecule has 0 fully saturated rings. The molecule has 1 aromatic rings. The van der Waals surface area contributed by atoms with Crippen LogP contribution in [0.4, 0.5) is 13.2 Å². The molecule has 0 N–H and O–H groups in total. The predicted molar refractivity (Wildman–Crippen MR) is 66.6 cm³/mol. The zero-order valence-electron chi connectivity index (χ0n) is 10.6. The first-order chi connectivity index (χ1) is 9.24. The van der Waals surface area contributed by atoms with Gasteiger partial charge in [0.1, 0.15) is 5.15 Å². The topological polar surface area (TPSA) is 60.5 Å². The molecule has 1 unspecified atom stereocenters. The molecule has 1 atom stereocenters. The molecule has 1 rings (SSSR count). The number of hydrogen-bond donors (Lipinski definition) is 0. The van der Waals surface area contributed by atoms with Gasteiger partial charge in [-0.3, -0.25) is 0 Å². The molecule has 1 heterocycles. The van der Waals surface area contributed by atoms with Gasteiger partial charge >= 0.3 is 6.18 Å². The average molecular weight is 302 g/mol.